The van der Waals surface area contributed by atoms with E-state index in [9.17, 15) is 13.2 Å². The van der Waals surface area contributed by atoms with E-state index in [1.165, 1.54) is 11.3 Å². The van der Waals surface area contributed by atoms with E-state index in [0.717, 1.165) is 9.75 Å². The molecule has 1 aromatic rings. The van der Waals surface area contributed by atoms with E-state index in [2.05, 4.69) is 0 Å². The van der Waals surface area contributed by atoms with Crippen molar-refractivity contribution in [3.05, 3.63) is 21.4 Å². The largest absolute Gasteiger partial charge is 0.414 e. The summed E-state index contributed by atoms with van der Waals surface area (Å²) in [5.41, 5.74) is 0.581. The van der Waals surface area contributed by atoms with Gasteiger partial charge in [0.2, 0.25) is 0 Å². The summed E-state index contributed by atoms with van der Waals surface area (Å²) >= 11 is 1.44. The van der Waals surface area contributed by atoms with E-state index in [1.807, 2.05) is 6.92 Å². The quantitative estimate of drug-likeness (QED) is 0.819. The second kappa shape index (κ2) is 3.90. The van der Waals surface area contributed by atoms with Gasteiger partial charge in [0.25, 0.3) is 0 Å². The highest BCUT2D eigenvalue weighted by Crippen LogP contribution is 2.27. The molecule has 0 aromatic carbocycles. The number of hydrogen-bond acceptors (Lipinski definition) is 2. The molecule has 0 fully saturated rings. The van der Waals surface area contributed by atoms with E-state index < -0.39 is 12.3 Å². The molecule has 1 nitrogen and oxygen atoms in total. The van der Waals surface area contributed by atoms with E-state index >= 15 is 0 Å². The van der Waals surface area contributed by atoms with Crippen LogP contribution < -0.4 is 0 Å². The Hall–Kier alpha value is -0.550. The molecule has 1 rings (SSSR count). The minimum atomic E-state index is -4.53. The lowest BCUT2D eigenvalue weighted by molar-refractivity contribution is -0.203. The number of alkyl halides is 3. The molecular formula is C9H11F3OS. The Morgan fingerprint density at radius 1 is 1.43 bits per heavy atom. The number of halogens is 3. The molecule has 0 aliphatic heterocycles. The second-order valence-electron chi connectivity index (χ2n) is 3.20. The van der Waals surface area contributed by atoms with Gasteiger partial charge in [0, 0.05) is 16.2 Å². The molecular weight excluding hydrogens is 213 g/mol. The lowest BCUT2D eigenvalue weighted by Crippen LogP contribution is -2.30. The van der Waals surface area contributed by atoms with Gasteiger partial charge < -0.3 is 5.11 Å². The zero-order valence-electron chi connectivity index (χ0n) is 7.85. The van der Waals surface area contributed by atoms with Crippen LogP contribution >= 0.6 is 11.3 Å². The molecule has 0 amide bonds. The van der Waals surface area contributed by atoms with Gasteiger partial charge in [0.1, 0.15) is 0 Å². The molecule has 14 heavy (non-hydrogen) atoms. The van der Waals surface area contributed by atoms with Crippen molar-refractivity contribution in [1.82, 2.24) is 0 Å². The third-order valence-electron chi connectivity index (χ3n) is 1.93. The summed E-state index contributed by atoms with van der Waals surface area (Å²) in [6.07, 6.45) is -7.13. The van der Waals surface area contributed by atoms with Crippen LogP contribution in [-0.4, -0.2) is 17.4 Å². The molecule has 0 aliphatic carbocycles. The minimum absolute atomic E-state index is 0.348. The maximum absolute atomic E-state index is 12.0. The maximum Gasteiger partial charge on any atom is 0.414 e. The fourth-order valence-electron chi connectivity index (χ4n) is 1.21. The summed E-state index contributed by atoms with van der Waals surface area (Å²) < 4.78 is 36.1. The van der Waals surface area contributed by atoms with Crippen LogP contribution in [0.25, 0.3) is 0 Å². The van der Waals surface area contributed by atoms with Gasteiger partial charge in [-0.1, -0.05) is 0 Å². The molecule has 0 saturated carbocycles. The molecule has 1 unspecified atom stereocenters. The van der Waals surface area contributed by atoms with Gasteiger partial charge in [-0.25, -0.2) is 0 Å². The van der Waals surface area contributed by atoms with Gasteiger partial charge in [-0.05, 0) is 25.5 Å². The van der Waals surface area contributed by atoms with Crippen LogP contribution in [0.3, 0.4) is 0 Å². The van der Waals surface area contributed by atoms with Gasteiger partial charge in [-0.2, -0.15) is 13.2 Å². The minimum Gasteiger partial charge on any atom is -0.383 e. The van der Waals surface area contributed by atoms with Crippen molar-refractivity contribution >= 4 is 11.3 Å². The SMILES string of the molecule is Cc1cc(CC(O)C(F)(F)F)c(C)s1. The fourth-order valence-corrected chi connectivity index (χ4v) is 2.17. The maximum atomic E-state index is 12.0. The van der Waals surface area contributed by atoms with Crippen LogP contribution in [0.1, 0.15) is 15.3 Å². The lowest BCUT2D eigenvalue weighted by Gasteiger charge is -2.13. The number of hydrogen-bond donors (Lipinski definition) is 1. The van der Waals surface area contributed by atoms with Gasteiger partial charge in [0.05, 0.1) is 0 Å². The van der Waals surface area contributed by atoms with Crippen LogP contribution in [0, 0.1) is 13.8 Å². The summed E-state index contributed by atoms with van der Waals surface area (Å²) in [4.78, 5) is 1.80. The van der Waals surface area contributed by atoms with Crippen LogP contribution in [-0.2, 0) is 6.42 Å². The smallest absolute Gasteiger partial charge is 0.383 e. The first-order valence-electron chi connectivity index (χ1n) is 4.11. The number of aliphatic hydroxyl groups excluding tert-OH is 1. The van der Waals surface area contributed by atoms with E-state index in [-0.39, 0.29) is 6.42 Å². The topological polar surface area (TPSA) is 20.2 Å². The van der Waals surface area contributed by atoms with Crippen LogP contribution in [0.15, 0.2) is 6.07 Å². The van der Waals surface area contributed by atoms with Gasteiger partial charge >= 0.3 is 6.18 Å². The Morgan fingerprint density at radius 3 is 2.36 bits per heavy atom. The Balaban J connectivity index is 2.74. The summed E-state index contributed by atoms with van der Waals surface area (Å²) in [5, 5.41) is 8.85. The van der Waals surface area contributed by atoms with Crippen molar-refractivity contribution in [1.29, 1.82) is 0 Å². The van der Waals surface area contributed by atoms with Crippen LogP contribution in [0.4, 0.5) is 13.2 Å². The second-order valence-corrected chi connectivity index (χ2v) is 4.66. The zero-order valence-corrected chi connectivity index (χ0v) is 8.67. The molecule has 1 aromatic heterocycles. The molecule has 1 heterocycles. The first-order valence-corrected chi connectivity index (χ1v) is 4.93. The molecule has 0 aliphatic rings. The summed E-state index contributed by atoms with van der Waals surface area (Å²) in [6.45, 7) is 3.59. The Labute approximate surface area is 84.2 Å². The lowest BCUT2D eigenvalue weighted by atomic mass is 10.1. The Morgan fingerprint density at radius 2 is 2.00 bits per heavy atom. The van der Waals surface area contributed by atoms with E-state index in [0.29, 0.717) is 5.56 Å². The molecule has 5 heteroatoms. The summed E-state index contributed by atoms with van der Waals surface area (Å²) in [7, 11) is 0. The first-order chi connectivity index (χ1) is 6.30. The van der Waals surface area contributed by atoms with Crippen molar-refractivity contribution < 1.29 is 18.3 Å². The number of aliphatic hydroxyl groups is 1. The zero-order chi connectivity index (χ0) is 10.9. The predicted molar refractivity (Wildman–Crippen MR) is 49.6 cm³/mol. The average molecular weight is 224 g/mol. The van der Waals surface area contributed by atoms with Gasteiger partial charge in [-0.3, -0.25) is 0 Å². The monoisotopic (exact) mass is 224 g/mol. The van der Waals surface area contributed by atoms with Gasteiger partial charge in [-0.15, -0.1) is 11.3 Å². The van der Waals surface area contributed by atoms with Crippen molar-refractivity contribution in [2.45, 2.75) is 32.5 Å². The normalized spacial score (nSPS) is 14.4. The molecule has 0 saturated heterocycles. The number of rotatable bonds is 2. The number of aryl methyl sites for hydroxylation is 2. The molecule has 0 bridgehead atoms. The Bertz CT molecular complexity index is 316. The molecule has 1 atom stereocenters. The van der Waals surface area contributed by atoms with Gasteiger partial charge in [0.15, 0.2) is 6.10 Å². The van der Waals surface area contributed by atoms with Crippen molar-refractivity contribution in [3.8, 4) is 0 Å². The molecule has 0 radical (unpaired) electrons. The highest BCUT2D eigenvalue weighted by atomic mass is 32.1. The standard InChI is InChI=1S/C9H11F3OS/c1-5-3-7(6(2)14-5)4-8(13)9(10,11)12/h3,8,13H,4H2,1-2H3. The third kappa shape index (κ3) is 2.72. The first kappa shape index (κ1) is 11.5. The highest BCUT2D eigenvalue weighted by molar-refractivity contribution is 7.12. The van der Waals surface area contributed by atoms with E-state index in [4.69, 9.17) is 5.11 Å². The average Bonchev–Trinajstić information content (AvgIpc) is 2.28. The highest BCUT2D eigenvalue weighted by Gasteiger charge is 2.38. The van der Waals surface area contributed by atoms with Crippen LogP contribution in [0.2, 0.25) is 0 Å². The van der Waals surface area contributed by atoms with Crippen molar-refractivity contribution in [2.75, 3.05) is 0 Å². The Kier molecular flexibility index (Phi) is 3.21. The predicted octanol–water partition coefficient (Wildman–Crippen LogP) is 2.83. The summed E-state index contributed by atoms with van der Waals surface area (Å²) in [5.74, 6) is 0. The molecule has 80 valence electrons. The fraction of sp³-hybridized carbons (Fsp3) is 0.556. The van der Waals surface area contributed by atoms with Crippen molar-refractivity contribution in [2.24, 2.45) is 0 Å². The van der Waals surface area contributed by atoms with E-state index in [1.54, 1.807) is 13.0 Å². The van der Waals surface area contributed by atoms with Crippen LogP contribution in [0.5, 0.6) is 0 Å². The summed E-state index contributed by atoms with van der Waals surface area (Å²) in [6, 6.07) is 1.69. The number of thiophene rings is 1. The van der Waals surface area contributed by atoms with Crippen molar-refractivity contribution in [3.63, 3.8) is 0 Å². The molecule has 0 spiro atoms. The third-order valence-corrected chi connectivity index (χ3v) is 2.94. The molecule has 1 N–H and O–H groups in total.